The van der Waals surface area contributed by atoms with Crippen LogP contribution >= 0.6 is 0 Å². The molecule has 0 amide bonds. The van der Waals surface area contributed by atoms with Crippen molar-refractivity contribution in [2.45, 2.75) is 32.1 Å². The van der Waals surface area contributed by atoms with Crippen LogP contribution in [-0.4, -0.2) is 33.9 Å². The van der Waals surface area contributed by atoms with E-state index >= 15 is 0 Å². The van der Waals surface area contributed by atoms with Crippen molar-refractivity contribution in [3.05, 3.63) is 29.8 Å². The lowest BCUT2D eigenvalue weighted by Gasteiger charge is -2.36. The van der Waals surface area contributed by atoms with Crippen LogP contribution in [-0.2, 0) is 4.74 Å². The van der Waals surface area contributed by atoms with Crippen LogP contribution in [0.15, 0.2) is 24.3 Å². The summed E-state index contributed by atoms with van der Waals surface area (Å²) in [6.07, 6.45) is 3.91. The van der Waals surface area contributed by atoms with E-state index in [0.29, 0.717) is 25.0 Å². The Bertz CT molecular complexity index is 421. The number of hydrogen-bond acceptors (Lipinski definition) is 3. The molecule has 1 aliphatic carbocycles. The number of ether oxygens (including phenoxy) is 2. The summed E-state index contributed by atoms with van der Waals surface area (Å²) in [6, 6.07) is 8.54. The van der Waals surface area contributed by atoms with Gasteiger partial charge in [0.1, 0.15) is 12.4 Å². The van der Waals surface area contributed by atoms with Gasteiger partial charge in [-0.05, 0) is 55.8 Å². The van der Waals surface area contributed by atoms with Crippen molar-refractivity contribution in [2.75, 3.05) is 33.9 Å². The summed E-state index contributed by atoms with van der Waals surface area (Å²) in [5.41, 5.74) is 1.38. The van der Waals surface area contributed by atoms with Crippen molar-refractivity contribution in [3.63, 3.8) is 0 Å². The van der Waals surface area contributed by atoms with Gasteiger partial charge in [0.15, 0.2) is 0 Å². The molecule has 1 fully saturated rings. The summed E-state index contributed by atoms with van der Waals surface area (Å²) in [7, 11) is 3.76. The first kappa shape index (κ1) is 16.3. The largest absolute Gasteiger partial charge is 0.491 e. The molecule has 118 valence electrons. The van der Waals surface area contributed by atoms with Crippen LogP contribution < -0.4 is 10.1 Å². The first-order valence-electron chi connectivity index (χ1n) is 8.11. The fourth-order valence-corrected chi connectivity index (χ4v) is 3.48. The molecule has 1 aromatic rings. The van der Waals surface area contributed by atoms with E-state index in [1.807, 2.05) is 0 Å². The van der Waals surface area contributed by atoms with Gasteiger partial charge in [0.25, 0.3) is 0 Å². The zero-order chi connectivity index (χ0) is 15.1. The average Bonchev–Trinajstić information content (AvgIpc) is 2.50. The highest BCUT2D eigenvalue weighted by Gasteiger charge is 2.31. The third-order valence-corrected chi connectivity index (χ3v) is 4.59. The first-order chi connectivity index (χ1) is 10.3. The molecule has 1 aliphatic rings. The fraction of sp³-hybridized carbons (Fsp3) is 0.667. The van der Waals surface area contributed by atoms with Gasteiger partial charge in [0, 0.05) is 7.11 Å². The van der Waals surface area contributed by atoms with Crippen LogP contribution in [0.1, 0.15) is 37.7 Å². The topological polar surface area (TPSA) is 30.5 Å². The summed E-state index contributed by atoms with van der Waals surface area (Å²) in [6.45, 7) is 4.71. The summed E-state index contributed by atoms with van der Waals surface area (Å²) >= 11 is 0. The molecular weight excluding hydrogens is 262 g/mol. The monoisotopic (exact) mass is 291 g/mol. The zero-order valence-corrected chi connectivity index (χ0v) is 13.6. The number of rotatable bonds is 7. The second kappa shape index (κ2) is 8.40. The van der Waals surface area contributed by atoms with E-state index in [1.54, 1.807) is 7.11 Å². The van der Waals surface area contributed by atoms with Gasteiger partial charge < -0.3 is 14.8 Å². The molecule has 0 aliphatic heterocycles. The van der Waals surface area contributed by atoms with Crippen molar-refractivity contribution in [2.24, 2.45) is 11.8 Å². The third kappa shape index (κ3) is 4.45. The predicted octanol–water partition coefficient (Wildman–Crippen LogP) is 3.45. The van der Waals surface area contributed by atoms with E-state index in [1.165, 1.54) is 24.8 Å². The van der Waals surface area contributed by atoms with Gasteiger partial charge in [-0.15, -0.1) is 0 Å². The summed E-state index contributed by atoms with van der Waals surface area (Å²) in [5, 5.41) is 3.36. The van der Waals surface area contributed by atoms with Gasteiger partial charge in [-0.3, -0.25) is 0 Å². The first-order valence-corrected chi connectivity index (χ1v) is 8.11. The van der Waals surface area contributed by atoms with Crippen LogP contribution in [0.25, 0.3) is 0 Å². The van der Waals surface area contributed by atoms with Crippen LogP contribution in [0.5, 0.6) is 5.75 Å². The molecule has 0 heterocycles. The lowest BCUT2D eigenvalue weighted by Crippen LogP contribution is -2.30. The van der Waals surface area contributed by atoms with Crippen molar-refractivity contribution in [3.8, 4) is 5.75 Å². The van der Waals surface area contributed by atoms with Crippen molar-refractivity contribution in [1.29, 1.82) is 0 Å². The molecule has 0 radical (unpaired) electrons. The lowest BCUT2D eigenvalue weighted by atomic mass is 9.71. The fourth-order valence-electron chi connectivity index (χ4n) is 3.48. The van der Waals surface area contributed by atoms with Crippen LogP contribution in [0.3, 0.4) is 0 Å². The molecule has 1 N–H and O–H groups in total. The Morgan fingerprint density at radius 2 is 2.00 bits per heavy atom. The highest BCUT2D eigenvalue weighted by molar-refractivity contribution is 5.37. The molecule has 3 atom stereocenters. The second-order valence-corrected chi connectivity index (χ2v) is 6.22. The summed E-state index contributed by atoms with van der Waals surface area (Å²) in [5.74, 6) is 3.14. The number of para-hydroxylation sites is 1. The van der Waals surface area contributed by atoms with Crippen molar-refractivity contribution >= 4 is 0 Å². The van der Waals surface area contributed by atoms with E-state index in [-0.39, 0.29) is 0 Å². The Morgan fingerprint density at radius 3 is 2.76 bits per heavy atom. The van der Waals surface area contributed by atoms with E-state index in [2.05, 4.69) is 43.6 Å². The minimum atomic E-state index is 0.597. The standard InChI is InChI=1S/C18H29NO2/c1-14-8-9-15(13-19-2)17(12-14)16-6-4-5-7-18(16)21-11-10-20-3/h4-7,14-15,17,19H,8-13H2,1-3H3. The van der Waals surface area contributed by atoms with E-state index in [0.717, 1.165) is 18.2 Å². The molecule has 0 aromatic heterocycles. The van der Waals surface area contributed by atoms with Gasteiger partial charge >= 0.3 is 0 Å². The van der Waals surface area contributed by atoms with Gasteiger partial charge in [-0.2, -0.15) is 0 Å². The van der Waals surface area contributed by atoms with Gasteiger partial charge in [-0.1, -0.05) is 31.5 Å². The molecule has 0 saturated heterocycles. The molecule has 3 unspecified atom stereocenters. The second-order valence-electron chi connectivity index (χ2n) is 6.22. The summed E-state index contributed by atoms with van der Waals surface area (Å²) < 4.78 is 11.0. The molecular formula is C18H29NO2. The zero-order valence-electron chi connectivity index (χ0n) is 13.6. The Kier molecular flexibility index (Phi) is 6.52. The average molecular weight is 291 g/mol. The Labute approximate surface area is 129 Å². The Hall–Kier alpha value is -1.06. The SMILES string of the molecule is CNCC1CCC(C)CC1c1ccccc1OCCOC. The van der Waals surface area contributed by atoms with E-state index < -0.39 is 0 Å². The molecule has 1 saturated carbocycles. The maximum Gasteiger partial charge on any atom is 0.122 e. The van der Waals surface area contributed by atoms with E-state index in [4.69, 9.17) is 9.47 Å². The number of methoxy groups -OCH3 is 1. The smallest absolute Gasteiger partial charge is 0.122 e. The maximum atomic E-state index is 5.95. The number of benzene rings is 1. The highest BCUT2D eigenvalue weighted by Crippen LogP contribution is 2.43. The molecule has 0 bridgehead atoms. The number of nitrogens with one attached hydrogen (secondary N) is 1. The lowest BCUT2D eigenvalue weighted by molar-refractivity contribution is 0.144. The highest BCUT2D eigenvalue weighted by atomic mass is 16.5. The van der Waals surface area contributed by atoms with Gasteiger partial charge in [0.05, 0.1) is 6.61 Å². The minimum absolute atomic E-state index is 0.597. The van der Waals surface area contributed by atoms with Crippen LogP contribution in [0.2, 0.25) is 0 Å². The van der Waals surface area contributed by atoms with Crippen molar-refractivity contribution in [1.82, 2.24) is 5.32 Å². The molecule has 3 nitrogen and oxygen atoms in total. The Morgan fingerprint density at radius 1 is 1.19 bits per heavy atom. The van der Waals surface area contributed by atoms with Crippen molar-refractivity contribution < 1.29 is 9.47 Å². The van der Waals surface area contributed by atoms with Crippen LogP contribution in [0.4, 0.5) is 0 Å². The maximum absolute atomic E-state index is 5.95. The van der Waals surface area contributed by atoms with Gasteiger partial charge in [0.2, 0.25) is 0 Å². The third-order valence-electron chi connectivity index (χ3n) is 4.59. The van der Waals surface area contributed by atoms with Crippen LogP contribution in [0, 0.1) is 11.8 Å². The quantitative estimate of drug-likeness (QED) is 0.781. The molecule has 1 aromatic carbocycles. The molecule has 21 heavy (non-hydrogen) atoms. The predicted molar refractivity (Wildman–Crippen MR) is 87.0 cm³/mol. The van der Waals surface area contributed by atoms with E-state index in [9.17, 15) is 0 Å². The summed E-state index contributed by atoms with van der Waals surface area (Å²) in [4.78, 5) is 0. The van der Waals surface area contributed by atoms with Gasteiger partial charge in [-0.25, -0.2) is 0 Å². The Balaban J connectivity index is 2.16. The molecule has 0 spiro atoms. The molecule has 3 heteroatoms. The number of hydrogen-bond donors (Lipinski definition) is 1. The molecule has 2 rings (SSSR count). The minimum Gasteiger partial charge on any atom is -0.491 e. The normalized spacial score (nSPS) is 25.8.